The van der Waals surface area contributed by atoms with Crippen LogP contribution in [-0.4, -0.2) is 24.9 Å². The minimum atomic E-state index is -4.58. The smallest absolute Gasteiger partial charge is 0.354 e. The van der Waals surface area contributed by atoms with Crippen LogP contribution in [0, 0.1) is 0 Å². The first-order valence-corrected chi connectivity index (χ1v) is 6.07. The molecule has 0 aliphatic heterocycles. The summed E-state index contributed by atoms with van der Waals surface area (Å²) >= 11 is 0. The first-order valence-electron chi connectivity index (χ1n) is 6.07. The van der Waals surface area contributed by atoms with E-state index in [-0.39, 0.29) is 19.0 Å². The Hall–Kier alpha value is -2.05. The maximum Gasteiger partial charge on any atom is 0.417 e. The van der Waals surface area contributed by atoms with E-state index < -0.39 is 23.2 Å². The van der Waals surface area contributed by atoms with E-state index in [0.717, 1.165) is 12.1 Å². The highest BCUT2D eigenvalue weighted by molar-refractivity contribution is 5.95. The van der Waals surface area contributed by atoms with Gasteiger partial charge in [0, 0.05) is 19.5 Å². The van der Waals surface area contributed by atoms with E-state index in [9.17, 15) is 22.8 Å². The molecular weight excluding hydrogens is 273 g/mol. The number of halogens is 3. The zero-order valence-corrected chi connectivity index (χ0v) is 10.9. The summed E-state index contributed by atoms with van der Waals surface area (Å²) < 4.78 is 38.1. The third-order valence-electron chi connectivity index (χ3n) is 2.53. The number of carbonyl (C=O) groups excluding carboxylic acids is 2. The molecule has 0 heterocycles. The van der Waals surface area contributed by atoms with Crippen molar-refractivity contribution in [1.29, 1.82) is 0 Å². The van der Waals surface area contributed by atoms with Gasteiger partial charge in [-0.05, 0) is 12.1 Å². The van der Waals surface area contributed by atoms with Crippen molar-refractivity contribution in [3.05, 3.63) is 35.4 Å². The molecule has 0 aliphatic carbocycles. The molecule has 110 valence electrons. The zero-order valence-electron chi connectivity index (χ0n) is 10.9. The van der Waals surface area contributed by atoms with Gasteiger partial charge in [0.1, 0.15) is 0 Å². The van der Waals surface area contributed by atoms with Gasteiger partial charge in [-0.1, -0.05) is 19.1 Å². The Bertz CT molecular complexity index is 487. The second-order valence-corrected chi connectivity index (χ2v) is 4.00. The van der Waals surface area contributed by atoms with E-state index in [4.69, 9.17) is 0 Å². The Morgan fingerprint density at radius 1 is 1.10 bits per heavy atom. The summed E-state index contributed by atoms with van der Waals surface area (Å²) in [4.78, 5) is 22.6. The Labute approximate surface area is 114 Å². The maximum atomic E-state index is 12.7. The molecule has 0 fully saturated rings. The molecule has 1 aromatic carbocycles. The van der Waals surface area contributed by atoms with E-state index in [2.05, 4.69) is 10.6 Å². The summed E-state index contributed by atoms with van der Waals surface area (Å²) in [7, 11) is 0. The lowest BCUT2D eigenvalue weighted by molar-refractivity contribution is -0.138. The van der Waals surface area contributed by atoms with Crippen molar-refractivity contribution in [3.8, 4) is 0 Å². The number of nitrogens with one attached hydrogen (secondary N) is 2. The molecule has 0 spiro atoms. The quantitative estimate of drug-likeness (QED) is 0.814. The van der Waals surface area contributed by atoms with Gasteiger partial charge in [-0.3, -0.25) is 9.59 Å². The largest absolute Gasteiger partial charge is 0.417 e. The molecule has 0 unspecified atom stereocenters. The minimum Gasteiger partial charge on any atom is -0.354 e. The lowest BCUT2D eigenvalue weighted by atomic mass is 10.1. The van der Waals surface area contributed by atoms with Crippen molar-refractivity contribution in [2.45, 2.75) is 19.5 Å². The molecule has 1 aromatic rings. The van der Waals surface area contributed by atoms with Crippen molar-refractivity contribution in [3.63, 3.8) is 0 Å². The van der Waals surface area contributed by atoms with Crippen LogP contribution in [-0.2, 0) is 11.0 Å². The molecule has 20 heavy (non-hydrogen) atoms. The number of carbonyl (C=O) groups is 2. The van der Waals surface area contributed by atoms with Crippen molar-refractivity contribution in [1.82, 2.24) is 10.6 Å². The molecule has 0 saturated carbocycles. The van der Waals surface area contributed by atoms with Crippen LogP contribution in [0.25, 0.3) is 0 Å². The molecule has 1 rings (SSSR count). The topological polar surface area (TPSA) is 58.2 Å². The fraction of sp³-hybridized carbons (Fsp3) is 0.385. The van der Waals surface area contributed by atoms with Crippen LogP contribution in [0.4, 0.5) is 13.2 Å². The second kappa shape index (κ2) is 6.93. The van der Waals surface area contributed by atoms with Gasteiger partial charge in [0.15, 0.2) is 0 Å². The number of hydrogen-bond acceptors (Lipinski definition) is 2. The molecular formula is C13H15F3N2O2. The van der Waals surface area contributed by atoms with Gasteiger partial charge in [0.2, 0.25) is 5.91 Å². The van der Waals surface area contributed by atoms with Crippen LogP contribution < -0.4 is 10.6 Å². The van der Waals surface area contributed by atoms with Gasteiger partial charge in [0.25, 0.3) is 5.91 Å². The number of amides is 2. The van der Waals surface area contributed by atoms with Crippen LogP contribution in [0.15, 0.2) is 24.3 Å². The number of benzene rings is 1. The Kier molecular flexibility index (Phi) is 5.54. The molecule has 2 N–H and O–H groups in total. The summed E-state index contributed by atoms with van der Waals surface area (Å²) in [6.45, 7) is 1.91. The average molecular weight is 288 g/mol. The van der Waals surface area contributed by atoms with E-state index in [1.807, 2.05) is 0 Å². The van der Waals surface area contributed by atoms with Gasteiger partial charge in [-0.25, -0.2) is 0 Å². The molecule has 0 aliphatic rings. The SMILES string of the molecule is CCC(=O)NCCNC(=O)c1ccccc1C(F)(F)F. The summed E-state index contributed by atoms with van der Waals surface area (Å²) in [6, 6.07) is 4.56. The molecule has 0 radical (unpaired) electrons. The summed E-state index contributed by atoms with van der Waals surface area (Å²) in [5, 5.41) is 4.85. The standard InChI is InChI=1S/C13H15F3N2O2/c1-2-11(19)17-7-8-18-12(20)9-5-3-4-6-10(9)13(14,15)16/h3-6H,2,7-8H2,1H3,(H,17,19)(H,18,20). The zero-order chi connectivity index (χ0) is 15.2. The molecule has 0 aromatic heterocycles. The number of hydrogen-bond donors (Lipinski definition) is 2. The molecule has 2 amide bonds. The predicted molar refractivity (Wildman–Crippen MR) is 67.1 cm³/mol. The highest BCUT2D eigenvalue weighted by atomic mass is 19.4. The van der Waals surface area contributed by atoms with Crippen LogP contribution in [0.5, 0.6) is 0 Å². The third-order valence-corrected chi connectivity index (χ3v) is 2.53. The first-order chi connectivity index (χ1) is 9.36. The van der Waals surface area contributed by atoms with E-state index in [1.54, 1.807) is 6.92 Å². The van der Waals surface area contributed by atoms with Gasteiger partial charge >= 0.3 is 6.18 Å². The monoisotopic (exact) mass is 288 g/mol. The summed E-state index contributed by atoms with van der Waals surface area (Å²) in [5.74, 6) is -1.00. The van der Waals surface area contributed by atoms with Crippen LogP contribution in [0.1, 0.15) is 29.3 Å². The van der Waals surface area contributed by atoms with Gasteiger partial charge in [0.05, 0.1) is 11.1 Å². The third kappa shape index (κ3) is 4.56. The van der Waals surface area contributed by atoms with Crippen molar-refractivity contribution < 1.29 is 22.8 Å². The van der Waals surface area contributed by atoms with E-state index >= 15 is 0 Å². The van der Waals surface area contributed by atoms with E-state index in [0.29, 0.717) is 6.42 Å². The molecule has 0 bridgehead atoms. The Morgan fingerprint density at radius 3 is 2.30 bits per heavy atom. The Morgan fingerprint density at radius 2 is 1.70 bits per heavy atom. The fourth-order valence-corrected chi connectivity index (χ4v) is 1.53. The lowest BCUT2D eigenvalue weighted by Crippen LogP contribution is -2.35. The summed E-state index contributed by atoms with van der Waals surface area (Å²) in [6.07, 6.45) is -4.27. The maximum absolute atomic E-state index is 12.7. The molecule has 4 nitrogen and oxygen atoms in total. The fourth-order valence-electron chi connectivity index (χ4n) is 1.53. The summed E-state index contributed by atoms with van der Waals surface area (Å²) in [5.41, 5.74) is -1.41. The normalized spacial score (nSPS) is 11.0. The predicted octanol–water partition coefficient (Wildman–Crippen LogP) is 1.96. The van der Waals surface area contributed by atoms with Gasteiger partial charge < -0.3 is 10.6 Å². The second-order valence-electron chi connectivity index (χ2n) is 4.00. The minimum absolute atomic E-state index is 0.0662. The molecule has 0 saturated heterocycles. The van der Waals surface area contributed by atoms with Crippen molar-refractivity contribution in [2.24, 2.45) is 0 Å². The van der Waals surface area contributed by atoms with Crippen molar-refractivity contribution in [2.75, 3.05) is 13.1 Å². The van der Waals surface area contributed by atoms with E-state index in [1.165, 1.54) is 12.1 Å². The lowest BCUT2D eigenvalue weighted by Gasteiger charge is -2.12. The highest BCUT2D eigenvalue weighted by Crippen LogP contribution is 2.31. The van der Waals surface area contributed by atoms with Gasteiger partial charge in [-0.15, -0.1) is 0 Å². The molecule has 7 heteroatoms. The van der Waals surface area contributed by atoms with Crippen LogP contribution in [0.3, 0.4) is 0 Å². The Balaban J connectivity index is 2.62. The van der Waals surface area contributed by atoms with Gasteiger partial charge in [-0.2, -0.15) is 13.2 Å². The number of alkyl halides is 3. The average Bonchev–Trinajstić information content (AvgIpc) is 2.42. The van der Waals surface area contributed by atoms with Crippen LogP contribution >= 0.6 is 0 Å². The first kappa shape index (κ1) is 16.0. The molecule has 0 atom stereocenters. The highest BCUT2D eigenvalue weighted by Gasteiger charge is 2.34. The van der Waals surface area contributed by atoms with Crippen LogP contribution in [0.2, 0.25) is 0 Å². The van der Waals surface area contributed by atoms with Crippen molar-refractivity contribution >= 4 is 11.8 Å². The number of rotatable bonds is 5.